The Morgan fingerprint density at radius 1 is 0.923 bits per heavy atom. The van der Waals surface area contributed by atoms with Crippen LogP contribution >= 0.6 is 0 Å². The van der Waals surface area contributed by atoms with Crippen molar-refractivity contribution in [3.63, 3.8) is 0 Å². The van der Waals surface area contributed by atoms with Gasteiger partial charge in [0.25, 0.3) is 0 Å². The number of benzene rings is 2. The van der Waals surface area contributed by atoms with Gasteiger partial charge in [-0.1, -0.05) is 42.3 Å². The number of rotatable bonds is 3. The number of hydrogen-bond acceptors (Lipinski definition) is 4. The Balaban J connectivity index is 1.41. The molecule has 4 rings (SSSR count). The van der Waals surface area contributed by atoms with Crippen molar-refractivity contribution >= 4 is 0 Å². The highest BCUT2D eigenvalue weighted by Crippen LogP contribution is 2.15. The van der Waals surface area contributed by atoms with E-state index in [1.165, 1.54) is 11.1 Å². The highest BCUT2D eigenvalue weighted by Gasteiger charge is 2.07. The lowest BCUT2D eigenvalue weighted by molar-refractivity contribution is 0.290. The van der Waals surface area contributed by atoms with E-state index in [2.05, 4.69) is 45.6 Å². The van der Waals surface area contributed by atoms with Crippen LogP contribution in [0.2, 0.25) is 0 Å². The lowest BCUT2D eigenvalue weighted by Crippen LogP contribution is -2.23. The van der Waals surface area contributed by atoms with Crippen LogP contribution in [0.1, 0.15) is 27.9 Å². The van der Waals surface area contributed by atoms with Gasteiger partial charge >= 0.3 is 0 Å². The molecule has 0 spiro atoms. The highest BCUT2D eigenvalue weighted by atomic mass is 16.5. The monoisotopic (exact) mass is 341 g/mol. The van der Waals surface area contributed by atoms with Gasteiger partial charge in [-0.3, -0.25) is 0 Å². The first-order valence-electron chi connectivity index (χ1n) is 8.72. The molecule has 0 aliphatic carbocycles. The molecule has 1 N–H and O–H groups in total. The Kier molecular flexibility index (Phi) is 4.90. The van der Waals surface area contributed by atoms with Crippen LogP contribution in [0.3, 0.4) is 0 Å². The van der Waals surface area contributed by atoms with E-state index >= 15 is 0 Å². The predicted octanol–water partition coefficient (Wildman–Crippen LogP) is 3.10. The van der Waals surface area contributed by atoms with E-state index in [1.54, 1.807) is 6.07 Å². The lowest BCUT2D eigenvalue weighted by Gasteiger charge is -2.16. The molecule has 128 valence electrons. The van der Waals surface area contributed by atoms with Crippen LogP contribution < -0.4 is 10.1 Å². The first-order valence-corrected chi connectivity index (χ1v) is 8.72. The van der Waals surface area contributed by atoms with Crippen LogP contribution in [0.15, 0.2) is 60.7 Å². The molecule has 0 radical (unpaired) electrons. The first-order chi connectivity index (χ1) is 12.9. The third kappa shape index (κ3) is 4.08. The van der Waals surface area contributed by atoms with Gasteiger partial charge in [0.1, 0.15) is 12.3 Å². The number of aromatic nitrogens is 2. The van der Waals surface area contributed by atoms with Crippen LogP contribution in [0.5, 0.6) is 5.88 Å². The number of fused-ring (bicyclic) bond motifs is 1. The van der Waals surface area contributed by atoms with Gasteiger partial charge in [-0.2, -0.15) is 0 Å². The summed E-state index contributed by atoms with van der Waals surface area (Å²) in [6.07, 6.45) is 1.05. The minimum absolute atomic E-state index is 0.477. The summed E-state index contributed by atoms with van der Waals surface area (Å²) in [5.74, 6) is 6.75. The normalized spacial score (nSPS) is 12.6. The van der Waals surface area contributed by atoms with Crippen LogP contribution in [-0.4, -0.2) is 16.7 Å². The van der Waals surface area contributed by atoms with E-state index in [4.69, 9.17) is 4.74 Å². The van der Waals surface area contributed by atoms with Crippen molar-refractivity contribution in [3.05, 3.63) is 88.6 Å². The average Bonchev–Trinajstić information content (AvgIpc) is 2.72. The zero-order valence-corrected chi connectivity index (χ0v) is 14.4. The largest absolute Gasteiger partial charge is 0.472 e. The summed E-state index contributed by atoms with van der Waals surface area (Å²) in [7, 11) is 0. The van der Waals surface area contributed by atoms with Crippen molar-refractivity contribution in [2.45, 2.75) is 19.6 Å². The van der Waals surface area contributed by atoms with Crippen molar-refractivity contribution < 1.29 is 4.74 Å². The van der Waals surface area contributed by atoms with Crippen molar-refractivity contribution in [3.8, 4) is 17.7 Å². The second-order valence-electron chi connectivity index (χ2n) is 6.19. The summed E-state index contributed by atoms with van der Waals surface area (Å²) in [5, 5.41) is 11.6. The molecule has 0 bridgehead atoms. The molecule has 4 heteroatoms. The topological polar surface area (TPSA) is 47.0 Å². The van der Waals surface area contributed by atoms with Gasteiger partial charge < -0.3 is 10.1 Å². The minimum atomic E-state index is 0.477. The van der Waals surface area contributed by atoms with E-state index in [-0.39, 0.29) is 0 Å². The summed E-state index contributed by atoms with van der Waals surface area (Å²) in [4.78, 5) is 0. The van der Waals surface area contributed by atoms with Gasteiger partial charge in [-0.25, -0.2) is 0 Å². The first kappa shape index (κ1) is 16.3. The molecule has 4 nitrogen and oxygen atoms in total. The van der Waals surface area contributed by atoms with Gasteiger partial charge in [0.2, 0.25) is 5.88 Å². The highest BCUT2D eigenvalue weighted by molar-refractivity contribution is 5.44. The molecule has 0 atom stereocenters. The maximum absolute atomic E-state index is 5.64. The van der Waals surface area contributed by atoms with Crippen LogP contribution in [0.25, 0.3) is 0 Å². The van der Waals surface area contributed by atoms with E-state index in [9.17, 15) is 0 Å². The van der Waals surface area contributed by atoms with Crippen molar-refractivity contribution in [2.75, 3.05) is 6.54 Å². The molecule has 3 aromatic rings. The van der Waals surface area contributed by atoms with Gasteiger partial charge in [0.05, 0.1) is 0 Å². The summed E-state index contributed by atoms with van der Waals surface area (Å²) < 4.78 is 5.64. The van der Waals surface area contributed by atoms with E-state index in [0.29, 0.717) is 18.2 Å². The second-order valence-corrected chi connectivity index (χ2v) is 6.19. The van der Waals surface area contributed by atoms with Crippen molar-refractivity contribution in [1.29, 1.82) is 0 Å². The van der Waals surface area contributed by atoms with Gasteiger partial charge in [-0.05, 0) is 53.8 Å². The third-order valence-corrected chi connectivity index (χ3v) is 4.30. The molecule has 0 fully saturated rings. The number of nitrogens with zero attached hydrogens (tertiary/aromatic N) is 2. The zero-order chi connectivity index (χ0) is 17.6. The Hall–Kier alpha value is -3.16. The Bertz CT molecular complexity index is 941. The van der Waals surface area contributed by atoms with E-state index in [0.717, 1.165) is 30.6 Å². The Morgan fingerprint density at radius 2 is 1.85 bits per heavy atom. The van der Waals surface area contributed by atoms with Gasteiger partial charge in [-0.15, -0.1) is 10.2 Å². The molecule has 1 aliphatic rings. The fraction of sp³-hybridized carbons (Fsp3) is 0.182. The van der Waals surface area contributed by atoms with E-state index < -0.39 is 0 Å². The van der Waals surface area contributed by atoms with Gasteiger partial charge in [0, 0.05) is 18.2 Å². The molecule has 1 aromatic heterocycles. The summed E-state index contributed by atoms with van der Waals surface area (Å²) >= 11 is 0. The maximum Gasteiger partial charge on any atom is 0.233 e. The second kappa shape index (κ2) is 7.81. The Labute approximate surface area is 153 Å². The van der Waals surface area contributed by atoms with Crippen LogP contribution in [0, 0.1) is 11.8 Å². The van der Waals surface area contributed by atoms with Crippen molar-refractivity contribution in [2.24, 2.45) is 0 Å². The molecule has 26 heavy (non-hydrogen) atoms. The van der Waals surface area contributed by atoms with Crippen LogP contribution in [0.4, 0.5) is 0 Å². The molecule has 0 unspecified atom stereocenters. The van der Waals surface area contributed by atoms with E-state index in [1.807, 2.05) is 36.4 Å². The molecule has 0 saturated carbocycles. The van der Waals surface area contributed by atoms with Gasteiger partial charge in [0.15, 0.2) is 0 Å². The molecule has 1 aliphatic heterocycles. The summed E-state index contributed by atoms with van der Waals surface area (Å²) in [5.41, 5.74) is 5.49. The maximum atomic E-state index is 5.64. The molecular weight excluding hydrogens is 322 g/mol. The molecular formula is C22H19N3O. The fourth-order valence-corrected chi connectivity index (χ4v) is 2.89. The number of nitrogens with one attached hydrogen (secondary N) is 1. The smallest absolute Gasteiger partial charge is 0.233 e. The summed E-state index contributed by atoms with van der Waals surface area (Å²) in [6, 6.07) is 20.0. The molecule has 2 heterocycles. The Morgan fingerprint density at radius 3 is 2.69 bits per heavy atom. The zero-order valence-electron chi connectivity index (χ0n) is 14.4. The molecule has 2 aromatic carbocycles. The third-order valence-electron chi connectivity index (χ3n) is 4.30. The molecule has 0 amide bonds. The SMILES string of the molecule is C(#Cc1ccc(OCc2ccccc2)nn1)c1ccc2c(c1)CCNC2. The number of hydrogen-bond donors (Lipinski definition) is 1. The predicted molar refractivity (Wildman–Crippen MR) is 101 cm³/mol. The molecule has 0 saturated heterocycles. The summed E-state index contributed by atoms with van der Waals surface area (Å²) in [6.45, 7) is 2.45. The fourth-order valence-electron chi connectivity index (χ4n) is 2.89. The lowest BCUT2D eigenvalue weighted by atomic mass is 9.98. The van der Waals surface area contributed by atoms with Crippen LogP contribution in [-0.2, 0) is 19.6 Å². The van der Waals surface area contributed by atoms with Crippen molar-refractivity contribution in [1.82, 2.24) is 15.5 Å². The quantitative estimate of drug-likeness (QED) is 0.744. The average molecular weight is 341 g/mol. The number of ether oxygens (including phenoxy) is 1. The minimum Gasteiger partial charge on any atom is -0.472 e. The standard InChI is InChI=1S/C22H19N3O/c1-2-4-18(5-3-1)16-26-22-11-10-21(24-25-22)9-7-17-6-8-20-15-23-13-12-19(20)14-17/h1-6,8,10-11,14,23H,12-13,15-16H2.